The Morgan fingerprint density at radius 2 is 1.90 bits per heavy atom. The lowest BCUT2D eigenvalue weighted by atomic mass is 10.1. The van der Waals surface area contributed by atoms with E-state index in [1.54, 1.807) is 61.7 Å². The van der Waals surface area contributed by atoms with Gasteiger partial charge in [0.05, 0.1) is 12.7 Å². The number of Topliss-reactive ketones (excluding diaryl/α,β-unsaturated/α-hetero) is 1. The molecule has 0 bridgehead atoms. The Balaban J connectivity index is 1.47. The van der Waals surface area contributed by atoms with Gasteiger partial charge in [-0.25, -0.2) is 0 Å². The molecule has 0 radical (unpaired) electrons. The van der Waals surface area contributed by atoms with Crippen LogP contribution >= 0.6 is 11.6 Å². The molecule has 2 heterocycles. The van der Waals surface area contributed by atoms with Crippen molar-refractivity contribution in [2.45, 2.75) is 13.5 Å². The largest absolute Gasteiger partial charge is 0.496 e. The van der Waals surface area contributed by atoms with Gasteiger partial charge in [0.25, 0.3) is 5.89 Å². The first-order valence-electron chi connectivity index (χ1n) is 9.04. The number of ketones is 1. The van der Waals surface area contributed by atoms with Crippen molar-refractivity contribution in [1.82, 2.24) is 10.1 Å². The Morgan fingerprint density at radius 3 is 2.63 bits per heavy atom. The Bertz CT molecular complexity index is 1180. The molecular formula is C22H17ClN2O5. The fraction of sp³-hybridized carbons (Fsp3) is 0.136. The van der Waals surface area contributed by atoms with Gasteiger partial charge in [-0.1, -0.05) is 16.8 Å². The van der Waals surface area contributed by atoms with E-state index in [1.165, 1.54) is 6.92 Å². The van der Waals surface area contributed by atoms with Crippen LogP contribution < -0.4 is 9.47 Å². The van der Waals surface area contributed by atoms with Gasteiger partial charge >= 0.3 is 0 Å². The minimum Gasteiger partial charge on any atom is -0.496 e. The number of carbonyl (C=O) groups excluding carboxylic acids is 1. The minimum atomic E-state index is 0.00606. The summed E-state index contributed by atoms with van der Waals surface area (Å²) in [7, 11) is 1.56. The van der Waals surface area contributed by atoms with Gasteiger partial charge in [0.15, 0.2) is 11.5 Å². The predicted octanol–water partition coefficient (Wildman–Crippen LogP) is 5.44. The quantitative estimate of drug-likeness (QED) is 0.365. The van der Waals surface area contributed by atoms with Crippen molar-refractivity contribution in [3.8, 4) is 34.5 Å². The number of aromatic nitrogens is 2. The predicted molar refractivity (Wildman–Crippen MR) is 110 cm³/mol. The molecule has 2 aromatic carbocycles. The molecule has 4 aromatic rings. The van der Waals surface area contributed by atoms with Gasteiger partial charge in [-0.05, 0) is 61.5 Å². The van der Waals surface area contributed by atoms with Crippen LogP contribution in [-0.4, -0.2) is 23.0 Å². The summed E-state index contributed by atoms with van der Waals surface area (Å²) in [5.74, 6) is 2.78. The molecule has 0 amide bonds. The van der Waals surface area contributed by atoms with Crippen molar-refractivity contribution in [2.24, 2.45) is 0 Å². The third-order valence-corrected chi connectivity index (χ3v) is 4.58. The van der Waals surface area contributed by atoms with Crippen molar-refractivity contribution in [3.05, 3.63) is 70.9 Å². The smallest absolute Gasteiger partial charge is 0.293 e. The molecule has 4 rings (SSSR count). The first-order valence-corrected chi connectivity index (χ1v) is 9.42. The highest BCUT2D eigenvalue weighted by Gasteiger charge is 2.17. The number of methoxy groups -OCH3 is 1. The van der Waals surface area contributed by atoms with Crippen LogP contribution in [0.3, 0.4) is 0 Å². The maximum atomic E-state index is 11.3. The Hall–Kier alpha value is -3.58. The standard InChI is InChI=1S/C22H17ClN2O5/c1-13(26)14-3-6-16(7-4-14)28-12-17-8-10-20(29-17)22-24-21(25-30-22)18-11-15(23)5-9-19(18)27-2/h3-11H,12H2,1-2H3. The van der Waals surface area contributed by atoms with E-state index in [0.29, 0.717) is 45.0 Å². The number of hydrogen-bond acceptors (Lipinski definition) is 7. The van der Waals surface area contributed by atoms with E-state index in [4.69, 9.17) is 30.0 Å². The summed E-state index contributed by atoms with van der Waals surface area (Å²) in [4.78, 5) is 15.7. The fourth-order valence-corrected chi connectivity index (χ4v) is 2.97. The van der Waals surface area contributed by atoms with Gasteiger partial charge < -0.3 is 18.4 Å². The second-order valence-electron chi connectivity index (χ2n) is 6.40. The van der Waals surface area contributed by atoms with Crippen LogP contribution in [0.2, 0.25) is 5.02 Å². The SMILES string of the molecule is COc1ccc(Cl)cc1-c1noc(-c2ccc(COc3ccc(C(C)=O)cc3)o2)n1. The summed E-state index contributed by atoms with van der Waals surface area (Å²) in [6, 6.07) is 15.6. The summed E-state index contributed by atoms with van der Waals surface area (Å²) in [5.41, 5.74) is 1.25. The summed E-state index contributed by atoms with van der Waals surface area (Å²) < 4.78 is 22.1. The number of benzene rings is 2. The second kappa shape index (κ2) is 8.42. The van der Waals surface area contributed by atoms with Gasteiger partial charge in [-0.15, -0.1) is 0 Å². The van der Waals surface area contributed by atoms with Gasteiger partial charge in [-0.2, -0.15) is 4.98 Å². The monoisotopic (exact) mass is 424 g/mol. The first-order chi connectivity index (χ1) is 14.5. The van der Waals surface area contributed by atoms with Crippen LogP contribution in [0.4, 0.5) is 0 Å². The molecule has 0 aliphatic rings. The zero-order valence-corrected chi connectivity index (χ0v) is 17.0. The third-order valence-electron chi connectivity index (χ3n) is 4.34. The van der Waals surface area contributed by atoms with E-state index in [0.717, 1.165) is 0 Å². The van der Waals surface area contributed by atoms with E-state index < -0.39 is 0 Å². The Labute approximate surface area is 177 Å². The summed E-state index contributed by atoms with van der Waals surface area (Å²) in [5, 5.41) is 4.53. The maximum absolute atomic E-state index is 11.3. The molecule has 0 aliphatic heterocycles. The molecule has 0 saturated heterocycles. The number of rotatable bonds is 7. The zero-order chi connectivity index (χ0) is 21.1. The number of furan rings is 1. The summed E-state index contributed by atoms with van der Waals surface area (Å²) in [6.45, 7) is 1.73. The summed E-state index contributed by atoms with van der Waals surface area (Å²) in [6.07, 6.45) is 0. The van der Waals surface area contributed by atoms with Gasteiger partial charge in [0, 0.05) is 10.6 Å². The first kappa shape index (κ1) is 19.7. The van der Waals surface area contributed by atoms with E-state index in [-0.39, 0.29) is 18.3 Å². The van der Waals surface area contributed by atoms with Crippen molar-refractivity contribution in [1.29, 1.82) is 0 Å². The van der Waals surface area contributed by atoms with Crippen LogP contribution in [0.15, 0.2) is 63.5 Å². The fourth-order valence-electron chi connectivity index (χ4n) is 2.80. The van der Waals surface area contributed by atoms with Gasteiger partial charge in [-0.3, -0.25) is 4.79 Å². The van der Waals surface area contributed by atoms with Gasteiger partial charge in [0.1, 0.15) is 23.9 Å². The average molecular weight is 425 g/mol. The number of halogens is 1. The van der Waals surface area contributed by atoms with Crippen LogP contribution in [0.1, 0.15) is 23.0 Å². The van der Waals surface area contributed by atoms with E-state index in [9.17, 15) is 4.79 Å². The molecule has 8 heteroatoms. The van der Waals surface area contributed by atoms with E-state index in [2.05, 4.69) is 10.1 Å². The molecule has 0 unspecified atom stereocenters. The molecule has 2 aromatic heterocycles. The molecular weight excluding hydrogens is 408 g/mol. The Kier molecular flexibility index (Phi) is 5.54. The van der Waals surface area contributed by atoms with Crippen molar-refractivity contribution >= 4 is 17.4 Å². The van der Waals surface area contributed by atoms with E-state index >= 15 is 0 Å². The number of nitrogens with zero attached hydrogens (tertiary/aromatic N) is 2. The van der Waals surface area contributed by atoms with Crippen LogP contribution in [0.5, 0.6) is 11.5 Å². The molecule has 7 nitrogen and oxygen atoms in total. The average Bonchev–Trinajstić information content (AvgIpc) is 3.42. The van der Waals surface area contributed by atoms with E-state index in [1.807, 2.05) is 0 Å². The summed E-state index contributed by atoms with van der Waals surface area (Å²) >= 11 is 6.07. The zero-order valence-electron chi connectivity index (χ0n) is 16.2. The molecule has 0 atom stereocenters. The molecule has 30 heavy (non-hydrogen) atoms. The highest BCUT2D eigenvalue weighted by atomic mass is 35.5. The molecule has 0 spiro atoms. The van der Waals surface area contributed by atoms with Crippen molar-refractivity contribution < 1.29 is 23.2 Å². The molecule has 0 saturated carbocycles. The second-order valence-corrected chi connectivity index (χ2v) is 6.84. The molecule has 0 aliphatic carbocycles. The van der Waals surface area contributed by atoms with Crippen LogP contribution in [0, 0.1) is 0 Å². The lowest BCUT2D eigenvalue weighted by molar-refractivity contribution is 0.101. The Morgan fingerprint density at radius 1 is 1.10 bits per heavy atom. The number of carbonyl (C=O) groups is 1. The van der Waals surface area contributed by atoms with Crippen LogP contribution in [0.25, 0.3) is 23.0 Å². The molecule has 152 valence electrons. The molecule has 0 N–H and O–H groups in total. The van der Waals surface area contributed by atoms with Crippen molar-refractivity contribution in [3.63, 3.8) is 0 Å². The lowest BCUT2D eigenvalue weighted by Crippen LogP contribution is -1.95. The van der Waals surface area contributed by atoms with Gasteiger partial charge in [0.2, 0.25) is 5.82 Å². The third kappa shape index (κ3) is 4.21. The minimum absolute atomic E-state index is 0.00606. The topological polar surface area (TPSA) is 87.6 Å². The highest BCUT2D eigenvalue weighted by molar-refractivity contribution is 6.30. The highest BCUT2D eigenvalue weighted by Crippen LogP contribution is 2.32. The van der Waals surface area contributed by atoms with Crippen molar-refractivity contribution in [2.75, 3.05) is 7.11 Å². The van der Waals surface area contributed by atoms with Crippen LogP contribution in [-0.2, 0) is 6.61 Å². The lowest BCUT2D eigenvalue weighted by Gasteiger charge is -2.04. The molecule has 0 fully saturated rings. The number of ether oxygens (including phenoxy) is 2. The maximum Gasteiger partial charge on any atom is 0.293 e. The number of hydrogen-bond donors (Lipinski definition) is 0. The normalized spacial score (nSPS) is 10.8.